The first-order chi connectivity index (χ1) is 6.25. The molecular weight excluding hydrogens is 380 g/mol. The highest BCUT2D eigenvalue weighted by Crippen LogP contribution is 2.35. The summed E-state index contributed by atoms with van der Waals surface area (Å²) >= 11 is 22.9. The molecule has 0 aliphatic heterocycles. The van der Waals surface area contributed by atoms with E-state index in [9.17, 15) is 4.79 Å². The van der Waals surface area contributed by atoms with Gasteiger partial charge in [0, 0.05) is 0 Å². The summed E-state index contributed by atoms with van der Waals surface area (Å²) in [7, 11) is 0. The minimum Gasteiger partial charge on any atom is -0.346 e. The van der Waals surface area contributed by atoms with Gasteiger partial charge in [-0.2, -0.15) is 0 Å². The van der Waals surface area contributed by atoms with E-state index in [0.29, 0.717) is 10.2 Å². The van der Waals surface area contributed by atoms with Crippen LogP contribution in [0, 0.1) is 6.92 Å². The van der Waals surface area contributed by atoms with Crippen LogP contribution in [-0.2, 0) is 0 Å². The maximum absolute atomic E-state index is 11.6. The molecular formula is C7H4Br2Cl3NO. The molecule has 14 heavy (non-hydrogen) atoms. The highest BCUT2D eigenvalue weighted by atomic mass is 79.9. The number of halogens is 5. The average Bonchev–Trinajstić information content (AvgIpc) is 2.30. The maximum atomic E-state index is 11.6. The number of hydrogen-bond donors (Lipinski definition) is 1. The Labute approximate surface area is 113 Å². The summed E-state index contributed by atoms with van der Waals surface area (Å²) in [6.45, 7) is 1.75. The van der Waals surface area contributed by atoms with Gasteiger partial charge < -0.3 is 4.98 Å². The van der Waals surface area contributed by atoms with Gasteiger partial charge in [0.1, 0.15) is 0 Å². The van der Waals surface area contributed by atoms with Gasteiger partial charge in [0.2, 0.25) is 5.78 Å². The first-order valence-electron chi connectivity index (χ1n) is 3.40. The van der Waals surface area contributed by atoms with Gasteiger partial charge >= 0.3 is 0 Å². The molecule has 1 aromatic rings. The molecule has 78 valence electrons. The minimum atomic E-state index is -1.94. The molecule has 0 aliphatic rings. The number of carbonyl (C=O) groups excluding carboxylic acids is 1. The van der Waals surface area contributed by atoms with Crippen LogP contribution in [0.25, 0.3) is 0 Å². The molecule has 0 saturated carbocycles. The van der Waals surface area contributed by atoms with Gasteiger partial charge in [-0.05, 0) is 44.3 Å². The number of alkyl halides is 3. The Hall–Kier alpha value is 0.780. The SMILES string of the molecule is Cc1c(C(=O)C(Cl)(Cl)Cl)[nH]c(Br)c1Br. The van der Waals surface area contributed by atoms with Crippen LogP contribution in [0.2, 0.25) is 0 Å². The predicted octanol–water partition coefficient (Wildman–Crippen LogP) is 4.40. The summed E-state index contributed by atoms with van der Waals surface area (Å²) < 4.78 is -0.545. The summed E-state index contributed by atoms with van der Waals surface area (Å²) in [5, 5.41) is 0. The zero-order valence-corrected chi connectivity index (χ0v) is 12.2. The molecule has 0 spiro atoms. The summed E-state index contributed by atoms with van der Waals surface area (Å²) in [4.78, 5) is 14.4. The van der Waals surface area contributed by atoms with Crippen molar-refractivity contribution in [3.8, 4) is 0 Å². The van der Waals surface area contributed by atoms with Crippen LogP contribution >= 0.6 is 66.7 Å². The molecule has 0 saturated heterocycles. The zero-order chi connectivity index (χ0) is 11.1. The Morgan fingerprint density at radius 1 is 1.36 bits per heavy atom. The largest absolute Gasteiger partial charge is 0.346 e. The molecule has 0 unspecified atom stereocenters. The van der Waals surface area contributed by atoms with Crippen LogP contribution < -0.4 is 0 Å². The predicted molar refractivity (Wildman–Crippen MR) is 65.6 cm³/mol. The lowest BCUT2D eigenvalue weighted by molar-refractivity contribution is 0.0991. The van der Waals surface area contributed by atoms with Crippen LogP contribution in [0.15, 0.2) is 9.08 Å². The first-order valence-corrected chi connectivity index (χ1v) is 6.12. The number of ketones is 1. The van der Waals surface area contributed by atoms with E-state index in [2.05, 4.69) is 36.8 Å². The zero-order valence-electron chi connectivity index (χ0n) is 6.80. The van der Waals surface area contributed by atoms with Crippen molar-refractivity contribution in [2.24, 2.45) is 0 Å². The molecule has 0 aromatic carbocycles. The van der Waals surface area contributed by atoms with Gasteiger partial charge in [-0.15, -0.1) is 0 Å². The van der Waals surface area contributed by atoms with Crippen molar-refractivity contribution in [2.45, 2.75) is 10.7 Å². The van der Waals surface area contributed by atoms with Crippen LogP contribution in [0.4, 0.5) is 0 Å². The summed E-state index contributed by atoms with van der Waals surface area (Å²) in [5.41, 5.74) is 0.983. The van der Waals surface area contributed by atoms with Crippen molar-refractivity contribution >= 4 is 72.4 Å². The molecule has 0 radical (unpaired) electrons. The second kappa shape index (κ2) is 4.34. The Bertz CT molecular complexity index is 383. The highest BCUT2D eigenvalue weighted by molar-refractivity contribution is 9.13. The molecule has 0 bridgehead atoms. The van der Waals surface area contributed by atoms with Gasteiger partial charge in [0.25, 0.3) is 3.79 Å². The van der Waals surface area contributed by atoms with Gasteiger partial charge in [0.15, 0.2) is 0 Å². The van der Waals surface area contributed by atoms with Gasteiger partial charge in [0.05, 0.1) is 14.8 Å². The van der Waals surface area contributed by atoms with Gasteiger partial charge in [-0.3, -0.25) is 4.79 Å². The molecule has 7 heteroatoms. The van der Waals surface area contributed by atoms with Gasteiger partial charge in [-0.25, -0.2) is 0 Å². The van der Waals surface area contributed by atoms with Gasteiger partial charge in [-0.1, -0.05) is 34.8 Å². The molecule has 1 N–H and O–H groups in total. The minimum absolute atomic E-state index is 0.281. The normalized spacial score (nSPS) is 11.9. The third kappa shape index (κ3) is 2.47. The number of aromatic nitrogens is 1. The van der Waals surface area contributed by atoms with Crippen molar-refractivity contribution in [1.29, 1.82) is 0 Å². The van der Waals surface area contributed by atoms with Crippen molar-refractivity contribution in [1.82, 2.24) is 4.98 Å². The van der Waals surface area contributed by atoms with E-state index in [0.717, 1.165) is 4.47 Å². The van der Waals surface area contributed by atoms with Crippen molar-refractivity contribution in [3.05, 3.63) is 20.3 Å². The van der Waals surface area contributed by atoms with E-state index in [4.69, 9.17) is 34.8 Å². The molecule has 0 aliphatic carbocycles. The quantitative estimate of drug-likeness (QED) is 0.565. The maximum Gasteiger partial charge on any atom is 0.255 e. The smallest absolute Gasteiger partial charge is 0.255 e. The van der Waals surface area contributed by atoms with Crippen molar-refractivity contribution in [2.75, 3.05) is 0 Å². The van der Waals surface area contributed by atoms with E-state index >= 15 is 0 Å². The number of nitrogens with one attached hydrogen (secondary N) is 1. The third-order valence-electron chi connectivity index (χ3n) is 1.62. The summed E-state index contributed by atoms with van der Waals surface area (Å²) in [6, 6.07) is 0. The summed E-state index contributed by atoms with van der Waals surface area (Å²) in [6.07, 6.45) is 0. The fraction of sp³-hybridized carbons (Fsp3) is 0.286. The number of rotatable bonds is 1. The monoisotopic (exact) mass is 381 g/mol. The van der Waals surface area contributed by atoms with Crippen LogP contribution in [0.3, 0.4) is 0 Å². The van der Waals surface area contributed by atoms with Crippen molar-refractivity contribution < 1.29 is 4.79 Å². The first kappa shape index (κ1) is 12.8. The fourth-order valence-corrected chi connectivity index (χ4v) is 1.98. The van der Waals surface area contributed by atoms with E-state index < -0.39 is 9.58 Å². The highest BCUT2D eigenvalue weighted by Gasteiger charge is 2.34. The molecule has 0 atom stereocenters. The van der Waals surface area contributed by atoms with Crippen LogP contribution in [0.1, 0.15) is 16.1 Å². The van der Waals surface area contributed by atoms with E-state index in [1.807, 2.05) is 0 Å². The fourth-order valence-electron chi connectivity index (χ4n) is 0.902. The average molecular weight is 384 g/mol. The number of H-pyrrole nitrogens is 1. The topological polar surface area (TPSA) is 32.9 Å². The van der Waals surface area contributed by atoms with E-state index in [-0.39, 0.29) is 5.69 Å². The number of Topliss-reactive ketones (excluding diaryl/α,β-unsaturated/α-hetero) is 1. The molecule has 1 aromatic heterocycles. The number of carbonyl (C=O) groups is 1. The van der Waals surface area contributed by atoms with Crippen molar-refractivity contribution in [3.63, 3.8) is 0 Å². The molecule has 0 fully saturated rings. The molecule has 1 rings (SSSR count). The second-order valence-corrected chi connectivity index (χ2v) is 6.45. The van der Waals surface area contributed by atoms with Crippen LogP contribution in [-0.4, -0.2) is 14.6 Å². The Morgan fingerprint density at radius 2 is 1.86 bits per heavy atom. The van der Waals surface area contributed by atoms with Crippen LogP contribution in [0.5, 0.6) is 0 Å². The molecule has 0 amide bonds. The lowest BCUT2D eigenvalue weighted by atomic mass is 10.2. The Morgan fingerprint density at radius 3 is 2.14 bits per heavy atom. The molecule has 2 nitrogen and oxygen atoms in total. The standard InChI is InChI=1S/C7H4Br2Cl3NO/c1-2-3(8)6(9)13-4(2)5(14)7(10,11)12/h13H,1H3. The second-order valence-electron chi connectivity index (χ2n) is 2.58. The van der Waals surface area contributed by atoms with E-state index in [1.165, 1.54) is 0 Å². The third-order valence-corrected chi connectivity index (χ3v) is 4.25. The molecule has 1 heterocycles. The number of hydrogen-bond acceptors (Lipinski definition) is 1. The van der Waals surface area contributed by atoms with E-state index in [1.54, 1.807) is 6.92 Å². The summed E-state index contributed by atoms with van der Waals surface area (Å²) in [5.74, 6) is -0.577. The Kier molecular flexibility index (Phi) is 3.98. The lowest BCUT2D eigenvalue weighted by Gasteiger charge is -2.08. The number of aromatic amines is 1. The Balaban J connectivity index is 3.22. The lowest BCUT2D eigenvalue weighted by Crippen LogP contribution is -2.20.